The van der Waals surface area contributed by atoms with Crippen LogP contribution in [0.15, 0.2) is 24.3 Å². The number of unbranched alkanes of at least 4 members (excludes halogenated alkanes) is 4. The van der Waals surface area contributed by atoms with E-state index in [0.717, 1.165) is 77.4 Å². The van der Waals surface area contributed by atoms with Crippen molar-refractivity contribution in [1.82, 2.24) is 0 Å². The van der Waals surface area contributed by atoms with Crippen LogP contribution in [0.1, 0.15) is 78.1 Å². The first-order valence-electron chi connectivity index (χ1n) is 9.49. The molecule has 136 valence electrons. The fraction of sp³-hybridized carbons (Fsp3) is 0.800. The van der Waals surface area contributed by atoms with Gasteiger partial charge in [-0.3, -0.25) is 0 Å². The molecule has 0 bridgehead atoms. The third kappa shape index (κ3) is 17.5. The van der Waals surface area contributed by atoms with Gasteiger partial charge in [0.05, 0.1) is 0 Å². The Bertz CT molecular complexity index is 250. The predicted molar refractivity (Wildman–Crippen MR) is 98.6 cm³/mol. The van der Waals surface area contributed by atoms with Crippen molar-refractivity contribution in [1.29, 1.82) is 0 Å². The van der Waals surface area contributed by atoms with Crippen molar-refractivity contribution in [2.45, 2.75) is 84.3 Å². The second-order valence-electron chi connectivity index (χ2n) is 5.79. The zero-order chi connectivity index (χ0) is 17.0. The number of hydrogen-bond donors (Lipinski definition) is 1. The molecule has 0 rings (SSSR count). The monoisotopic (exact) mass is 326 g/mol. The van der Waals surface area contributed by atoms with E-state index in [-0.39, 0.29) is 12.9 Å². The van der Waals surface area contributed by atoms with Gasteiger partial charge in [-0.15, -0.1) is 0 Å². The quantitative estimate of drug-likeness (QED) is 0.221. The minimum Gasteiger partial charge on any atom is -0.396 e. The van der Waals surface area contributed by atoms with Gasteiger partial charge in [0, 0.05) is 26.2 Å². The van der Waals surface area contributed by atoms with Crippen molar-refractivity contribution in [3.8, 4) is 0 Å². The van der Waals surface area contributed by atoms with Gasteiger partial charge >= 0.3 is 0 Å². The number of aliphatic hydroxyl groups excluding tert-OH is 1. The molecular weight excluding hydrogens is 288 g/mol. The molecule has 0 aliphatic carbocycles. The molecule has 23 heavy (non-hydrogen) atoms. The van der Waals surface area contributed by atoms with Gasteiger partial charge < -0.3 is 14.6 Å². The third-order valence-corrected chi connectivity index (χ3v) is 3.54. The normalized spacial score (nSPS) is 12.2. The van der Waals surface area contributed by atoms with E-state index < -0.39 is 0 Å². The van der Waals surface area contributed by atoms with Crippen LogP contribution >= 0.6 is 0 Å². The van der Waals surface area contributed by atoms with Gasteiger partial charge in [0.15, 0.2) is 6.29 Å². The molecule has 0 heterocycles. The summed E-state index contributed by atoms with van der Waals surface area (Å²) < 4.78 is 11.6. The summed E-state index contributed by atoms with van der Waals surface area (Å²) in [4.78, 5) is 0. The van der Waals surface area contributed by atoms with Crippen molar-refractivity contribution < 1.29 is 14.6 Å². The fourth-order valence-corrected chi connectivity index (χ4v) is 2.20. The summed E-state index contributed by atoms with van der Waals surface area (Å²) in [7, 11) is 0. The Kier molecular flexibility index (Phi) is 18.9. The van der Waals surface area contributed by atoms with E-state index in [2.05, 4.69) is 38.2 Å². The molecule has 0 unspecified atom stereocenters. The SMILES string of the molecule is CC/C=C\CCCCOC(CCCO)OCCCC/C=C\CC. The lowest BCUT2D eigenvalue weighted by atomic mass is 10.2. The molecule has 0 aromatic heterocycles. The van der Waals surface area contributed by atoms with Crippen molar-refractivity contribution in [3.05, 3.63) is 24.3 Å². The molecule has 0 saturated carbocycles. The average Bonchev–Trinajstić information content (AvgIpc) is 2.57. The van der Waals surface area contributed by atoms with Crippen LogP contribution in [0.25, 0.3) is 0 Å². The standard InChI is InChI=1S/C20H38O3/c1-3-5-7-9-11-13-18-22-20(16-15-17-21)23-19-14-12-10-8-6-4-2/h5-8,20-21H,3-4,9-19H2,1-2H3/b7-5-,8-6-. The van der Waals surface area contributed by atoms with E-state index in [1.165, 1.54) is 0 Å². The Morgan fingerprint density at radius 1 is 0.739 bits per heavy atom. The molecule has 0 aromatic carbocycles. The Morgan fingerprint density at radius 2 is 1.26 bits per heavy atom. The minimum absolute atomic E-state index is 0.153. The lowest BCUT2D eigenvalue weighted by molar-refractivity contribution is -0.148. The summed E-state index contributed by atoms with van der Waals surface area (Å²) in [5, 5.41) is 8.97. The summed E-state index contributed by atoms with van der Waals surface area (Å²) in [6.07, 6.45) is 19.2. The molecular formula is C20H38O3. The molecule has 0 aliphatic heterocycles. The van der Waals surface area contributed by atoms with E-state index in [1.54, 1.807) is 0 Å². The maximum atomic E-state index is 8.97. The average molecular weight is 327 g/mol. The molecule has 0 spiro atoms. The molecule has 0 saturated heterocycles. The minimum atomic E-state index is -0.153. The van der Waals surface area contributed by atoms with Gasteiger partial charge in [0.25, 0.3) is 0 Å². The third-order valence-electron chi connectivity index (χ3n) is 3.54. The maximum Gasteiger partial charge on any atom is 0.157 e. The summed E-state index contributed by atoms with van der Waals surface area (Å²) in [5.41, 5.74) is 0. The van der Waals surface area contributed by atoms with E-state index >= 15 is 0 Å². The second kappa shape index (κ2) is 19.4. The molecule has 0 amide bonds. The summed E-state index contributed by atoms with van der Waals surface area (Å²) in [5.74, 6) is 0. The zero-order valence-corrected chi connectivity index (χ0v) is 15.3. The fourth-order valence-electron chi connectivity index (χ4n) is 2.20. The van der Waals surface area contributed by atoms with Gasteiger partial charge in [-0.2, -0.15) is 0 Å². The maximum absolute atomic E-state index is 8.97. The number of ether oxygens (including phenoxy) is 2. The highest BCUT2D eigenvalue weighted by molar-refractivity contribution is 4.80. The zero-order valence-electron chi connectivity index (χ0n) is 15.3. The van der Waals surface area contributed by atoms with E-state index in [1.807, 2.05) is 0 Å². The molecule has 0 radical (unpaired) electrons. The van der Waals surface area contributed by atoms with Gasteiger partial charge in [0.1, 0.15) is 0 Å². The van der Waals surface area contributed by atoms with Crippen LogP contribution < -0.4 is 0 Å². The molecule has 0 atom stereocenters. The lowest BCUT2D eigenvalue weighted by Crippen LogP contribution is -2.19. The van der Waals surface area contributed by atoms with E-state index in [0.29, 0.717) is 0 Å². The molecule has 0 aliphatic rings. The van der Waals surface area contributed by atoms with Gasteiger partial charge in [-0.1, -0.05) is 38.2 Å². The van der Waals surface area contributed by atoms with Crippen molar-refractivity contribution in [2.24, 2.45) is 0 Å². The smallest absolute Gasteiger partial charge is 0.157 e. The van der Waals surface area contributed by atoms with E-state index in [4.69, 9.17) is 14.6 Å². The van der Waals surface area contributed by atoms with E-state index in [9.17, 15) is 0 Å². The Balaban J connectivity index is 3.67. The largest absolute Gasteiger partial charge is 0.396 e. The van der Waals surface area contributed by atoms with Crippen molar-refractivity contribution in [3.63, 3.8) is 0 Å². The molecule has 0 fully saturated rings. The summed E-state index contributed by atoms with van der Waals surface area (Å²) >= 11 is 0. The van der Waals surface area contributed by atoms with Crippen LogP contribution in [0.3, 0.4) is 0 Å². The molecule has 3 heteroatoms. The highest BCUT2D eigenvalue weighted by Gasteiger charge is 2.08. The number of allylic oxidation sites excluding steroid dienone is 4. The topological polar surface area (TPSA) is 38.7 Å². The van der Waals surface area contributed by atoms with Crippen molar-refractivity contribution in [2.75, 3.05) is 19.8 Å². The number of hydrogen-bond acceptors (Lipinski definition) is 3. The number of rotatable bonds is 17. The van der Waals surface area contributed by atoms with Crippen LogP contribution in [0.4, 0.5) is 0 Å². The molecule has 0 aromatic rings. The second-order valence-corrected chi connectivity index (χ2v) is 5.79. The van der Waals surface area contributed by atoms with Crippen LogP contribution in [-0.4, -0.2) is 31.2 Å². The first-order valence-corrected chi connectivity index (χ1v) is 9.49. The van der Waals surface area contributed by atoms with Crippen LogP contribution in [0, 0.1) is 0 Å². The lowest BCUT2D eigenvalue weighted by Gasteiger charge is -2.18. The summed E-state index contributed by atoms with van der Waals surface area (Å²) in [6, 6.07) is 0. The first kappa shape index (κ1) is 22.4. The highest BCUT2D eigenvalue weighted by Crippen LogP contribution is 2.08. The van der Waals surface area contributed by atoms with Crippen LogP contribution in [0.5, 0.6) is 0 Å². The van der Waals surface area contributed by atoms with Crippen molar-refractivity contribution >= 4 is 0 Å². The van der Waals surface area contributed by atoms with Gasteiger partial charge in [0.2, 0.25) is 0 Å². The Morgan fingerprint density at radius 3 is 1.70 bits per heavy atom. The first-order chi connectivity index (χ1) is 11.3. The molecule has 1 N–H and O–H groups in total. The summed E-state index contributed by atoms with van der Waals surface area (Å²) in [6.45, 7) is 6.00. The van der Waals surface area contributed by atoms with Crippen LogP contribution in [-0.2, 0) is 9.47 Å². The predicted octanol–water partition coefficient (Wildman–Crippen LogP) is 5.39. The number of aliphatic hydroxyl groups is 1. The Hall–Kier alpha value is -0.640. The van der Waals surface area contributed by atoms with Crippen LogP contribution in [0.2, 0.25) is 0 Å². The van der Waals surface area contributed by atoms with Gasteiger partial charge in [-0.25, -0.2) is 0 Å². The van der Waals surface area contributed by atoms with Gasteiger partial charge in [-0.05, 0) is 57.8 Å². The Labute approximate surface area is 143 Å². The highest BCUT2D eigenvalue weighted by atomic mass is 16.7. The molecule has 3 nitrogen and oxygen atoms in total.